The topological polar surface area (TPSA) is 119 Å². The minimum atomic E-state index is -3.44. The number of likely N-dealkylation sites (tertiary alicyclic amines) is 1. The van der Waals surface area contributed by atoms with Gasteiger partial charge < -0.3 is 10.0 Å². The second-order valence-corrected chi connectivity index (χ2v) is 8.35. The molecule has 0 radical (unpaired) electrons. The lowest BCUT2D eigenvalue weighted by Crippen LogP contribution is -2.33. The molecule has 10 heteroatoms. The summed E-state index contributed by atoms with van der Waals surface area (Å²) < 4.78 is 25.1. The average Bonchev–Trinajstić information content (AvgIpc) is 3.12. The van der Waals surface area contributed by atoms with E-state index in [9.17, 15) is 18.3 Å². The minimum Gasteiger partial charge on any atom is -0.391 e. The van der Waals surface area contributed by atoms with Crippen molar-refractivity contribution in [1.29, 1.82) is 0 Å². The first-order chi connectivity index (χ1) is 11.3. The molecule has 2 N–H and O–H groups in total. The minimum absolute atomic E-state index is 0.114. The van der Waals surface area contributed by atoms with Crippen LogP contribution in [0.3, 0.4) is 0 Å². The van der Waals surface area contributed by atoms with E-state index in [1.807, 2.05) is 0 Å². The molecule has 3 rings (SSSR count). The summed E-state index contributed by atoms with van der Waals surface area (Å²) in [4.78, 5) is 14.1. The number of fused-ring (bicyclic) bond motifs is 1. The monoisotopic (exact) mass is 353 g/mol. The van der Waals surface area contributed by atoms with Crippen LogP contribution in [0.1, 0.15) is 10.4 Å². The van der Waals surface area contributed by atoms with E-state index in [1.165, 1.54) is 19.0 Å². The Morgan fingerprint density at radius 2 is 2.04 bits per heavy atom. The van der Waals surface area contributed by atoms with Crippen molar-refractivity contribution in [2.45, 2.75) is 6.10 Å². The molecule has 0 bridgehead atoms. The van der Waals surface area contributed by atoms with Crippen molar-refractivity contribution in [1.82, 2.24) is 24.6 Å². The van der Waals surface area contributed by atoms with Crippen molar-refractivity contribution in [3.8, 4) is 0 Å². The molecule has 0 spiro atoms. The third kappa shape index (κ3) is 3.12. The first-order valence-electron chi connectivity index (χ1n) is 7.46. The molecule has 1 aromatic carbocycles. The Labute approximate surface area is 139 Å². The van der Waals surface area contributed by atoms with Gasteiger partial charge in [0.25, 0.3) is 5.91 Å². The molecule has 2 atom stereocenters. The van der Waals surface area contributed by atoms with Gasteiger partial charge in [0.1, 0.15) is 11.0 Å². The number of aromatic amines is 1. The fourth-order valence-electron chi connectivity index (χ4n) is 2.76. The quantitative estimate of drug-likeness (QED) is 0.749. The van der Waals surface area contributed by atoms with Gasteiger partial charge in [0.2, 0.25) is 10.0 Å². The summed E-state index contributed by atoms with van der Waals surface area (Å²) in [6, 6.07) is 4.95. The highest BCUT2D eigenvalue weighted by Gasteiger charge is 2.37. The van der Waals surface area contributed by atoms with Crippen LogP contribution in [-0.2, 0) is 10.0 Å². The Balaban J connectivity index is 1.75. The number of carbonyl (C=O) groups is 1. The second kappa shape index (κ2) is 6.11. The van der Waals surface area contributed by atoms with Crippen molar-refractivity contribution in [2.24, 2.45) is 5.92 Å². The molecule has 2 heterocycles. The van der Waals surface area contributed by atoms with Gasteiger partial charge in [-0.2, -0.15) is 15.4 Å². The number of β-amino-alcohol motifs (C(OH)–C–C–N with tert-alkyl or cyclic N) is 1. The number of nitrogens with zero attached hydrogens (tertiary/aromatic N) is 4. The van der Waals surface area contributed by atoms with Gasteiger partial charge in [0.15, 0.2) is 0 Å². The Bertz CT molecular complexity index is 863. The highest BCUT2D eigenvalue weighted by atomic mass is 32.2. The van der Waals surface area contributed by atoms with E-state index in [0.29, 0.717) is 16.6 Å². The summed E-state index contributed by atoms with van der Waals surface area (Å²) in [6.07, 6.45) is -0.862. The van der Waals surface area contributed by atoms with Gasteiger partial charge in [-0.25, -0.2) is 12.7 Å². The standard InChI is InChI=1S/C14H19N5O4S/c1-18(2)24(22,23)8-10-6-19(7-13(10)20)14(21)9-3-4-11-12(5-9)16-17-15-11/h3-5,10,13,20H,6-8H2,1-2H3,(H,15,16,17)/t10-,13-/m0/s1. The number of amides is 1. The Kier molecular flexibility index (Phi) is 4.28. The number of hydrogen-bond donors (Lipinski definition) is 2. The lowest BCUT2D eigenvalue weighted by molar-refractivity contribution is 0.0765. The van der Waals surface area contributed by atoms with E-state index >= 15 is 0 Å². The first-order valence-corrected chi connectivity index (χ1v) is 9.07. The van der Waals surface area contributed by atoms with Gasteiger partial charge in [-0.1, -0.05) is 0 Å². The van der Waals surface area contributed by atoms with Crippen LogP contribution in [0.25, 0.3) is 11.0 Å². The number of aliphatic hydroxyl groups is 1. The van der Waals surface area contributed by atoms with Crippen LogP contribution in [0.5, 0.6) is 0 Å². The van der Waals surface area contributed by atoms with Crippen LogP contribution in [0, 0.1) is 5.92 Å². The van der Waals surface area contributed by atoms with E-state index in [0.717, 1.165) is 4.31 Å². The maximum Gasteiger partial charge on any atom is 0.254 e. The Morgan fingerprint density at radius 1 is 1.33 bits per heavy atom. The third-order valence-electron chi connectivity index (χ3n) is 4.24. The number of sulfonamides is 1. The highest BCUT2D eigenvalue weighted by molar-refractivity contribution is 7.89. The summed E-state index contributed by atoms with van der Waals surface area (Å²) in [5, 5.41) is 20.5. The van der Waals surface area contributed by atoms with Crippen molar-refractivity contribution < 1.29 is 18.3 Å². The number of carbonyl (C=O) groups excluding carboxylic acids is 1. The van der Waals surface area contributed by atoms with Gasteiger partial charge in [-0.15, -0.1) is 0 Å². The van der Waals surface area contributed by atoms with Crippen LogP contribution in [-0.4, -0.2) is 83.1 Å². The normalized spacial score (nSPS) is 21.8. The summed E-state index contributed by atoms with van der Waals surface area (Å²) in [7, 11) is -0.534. The Hall–Kier alpha value is -2.04. The lowest BCUT2D eigenvalue weighted by Gasteiger charge is -2.18. The number of nitrogens with one attached hydrogen (secondary N) is 1. The van der Waals surface area contributed by atoms with E-state index in [1.54, 1.807) is 18.2 Å². The fraction of sp³-hybridized carbons (Fsp3) is 0.500. The predicted molar refractivity (Wildman–Crippen MR) is 86.8 cm³/mol. The number of aromatic nitrogens is 3. The number of rotatable bonds is 4. The molecular weight excluding hydrogens is 334 g/mol. The van der Waals surface area contributed by atoms with Gasteiger partial charge in [-0.05, 0) is 18.2 Å². The van der Waals surface area contributed by atoms with E-state index in [-0.39, 0.29) is 24.7 Å². The van der Waals surface area contributed by atoms with E-state index in [4.69, 9.17) is 0 Å². The van der Waals surface area contributed by atoms with Crippen LogP contribution >= 0.6 is 0 Å². The zero-order valence-electron chi connectivity index (χ0n) is 13.4. The summed E-state index contributed by atoms with van der Waals surface area (Å²) >= 11 is 0. The lowest BCUT2D eigenvalue weighted by atomic mass is 10.1. The molecule has 24 heavy (non-hydrogen) atoms. The van der Waals surface area contributed by atoms with E-state index in [2.05, 4.69) is 15.4 Å². The highest BCUT2D eigenvalue weighted by Crippen LogP contribution is 2.22. The fourth-order valence-corrected chi connectivity index (χ4v) is 3.93. The zero-order chi connectivity index (χ0) is 17.5. The van der Waals surface area contributed by atoms with Gasteiger partial charge >= 0.3 is 0 Å². The average molecular weight is 353 g/mol. The van der Waals surface area contributed by atoms with Crippen LogP contribution in [0.2, 0.25) is 0 Å². The summed E-state index contributed by atoms with van der Waals surface area (Å²) in [5.74, 6) is -0.950. The van der Waals surface area contributed by atoms with Crippen LogP contribution in [0.4, 0.5) is 0 Å². The number of aliphatic hydroxyl groups excluding tert-OH is 1. The van der Waals surface area contributed by atoms with Crippen molar-refractivity contribution in [3.05, 3.63) is 23.8 Å². The van der Waals surface area contributed by atoms with Gasteiger partial charge in [0, 0.05) is 38.7 Å². The van der Waals surface area contributed by atoms with Crippen LogP contribution < -0.4 is 0 Å². The molecule has 9 nitrogen and oxygen atoms in total. The molecule has 1 amide bonds. The van der Waals surface area contributed by atoms with Crippen molar-refractivity contribution in [2.75, 3.05) is 32.9 Å². The summed E-state index contributed by atoms with van der Waals surface area (Å²) in [5.41, 5.74) is 1.66. The van der Waals surface area contributed by atoms with Crippen molar-refractivity contribution >= 4 is 27.0 Å². The van der Waals surface area contributed by atoms with Crippen molar-refractivity contribution in [3.63, 3.8) is 0 Å². The van der Waals surface area contributed by atoms with Gasteiger partial charge in [-0.3, -0.25) is 4.79 Å². The smallest absolute Gasteiger partial charge is 0.254 e. The molecule has 2 aromatic rings. The Morgan fingerprint density at radius 3 is 2.75 bits per heavy atom. The second-order valence-electron chi connectivity index (χ2n) is 6.13. The number of benzene rings is 1. The molecule has 0 saturated carbocycles. The third-order valence-corrected chi connectivity index (χ3v) is 6.20. The molecule has 0 unspecified atom stereocenters. The molecule has 1 fully saturated rings. The number of hydrogen-bond acceptors (Lipinski definition) is 6. The maximum absolute atomic E-state index is 12.6. The number of H-pyrrole nitrogens is 1. The van der Waals surface area contributed by atoms with Crippen LogP contribution in [0.15, 0.2) is 18.2 Å². The zero-order valence-corrected chi connectivity index (χ0v) is 14.2. The SMILES string of the molecule is CN(C)S(=O)(=O)C[C@@H]1CN(C(=O)c2ccc3n[nH]nc3c2)C[C@@H]1O. The van der Waals surface area contributed by atoms with Gasteiger partial charge in [0.05, 0.1) is 11.9 Å². The molecule has 1 saturated heterocycles. The molecule has 1 aliphatic heterocycles. The molecule has 1 aliphatic rings. The maximum atomic E-state index is 12.6. The largest absolute Gasteiger partial charge is 0.391 e. The molecule has 130 valence electrons. The molecule has 0 aliphatic carbocycles. The first kappa shape index (κ1) is 16.8. The molecule has 1 aromatic heterocycles. The predicted octanol–water partition coefficient (Wildman–Crippen LogP) is -0.718. The molecular formula is C14H19N5O4S. The van der Waals surface area contributed by atoms with E-state index < -0.39 is 22.0 Å². The summed E-state index contributed by atoms with van der Waals surface area (Å²) in [6.45, 7) is 0.313.